The summed E-state index contributed by atoms with van der Waals surface area (Å²) in [5, 5.41) is 0. The van der Waals surface area contributed by atoms with Crippen LogP contribution in [0.2, 0.25) is 0 Å². The van der Waals surface area contributed by atoms with Crippen molar-refractivity contribution >= 4 is 5.91 Å². The average Bonchev–Trinajstić information content (AvgIpc) is 2.33. The lowest BCUT2D eigenvalue weighted by Crippen LogP contribution is -2.36. The predicted octanol–water partition coefficient (Wildman–Crippen LogP) is 1.42. The number of aryl methyl sites for hydroxylation is 1. The third-order valence-electron chi connectivity index (χ3n) is 2.93. The van der Waals surface area contributed by atoms with Crippen LogP contribution < -0.4 is 0 Å². The van der Waals surface area contributed by atoms with Crippen molar-refractivity contribution in [2.75, 3.05) is 13.1 Å². The highest BCUT2D eigenvalue weighted by Gasteiger charge is 2.16. The number of rotatable bonds is 4. The standard InChI is InChI=1S/C12H17N3O/c16-12-5-1-2-8-15(12)9-3-4-11-6-7-13-10-14-11/h6-7,10H,1-5,8-9H2. The third kappa shape index (κ3) is 3.02. The second-order valence-electron chi connectivity index (χ2n) is 4.14. The normalized spacial score (nSPS) is 16.5. The molecule has 1 amide bonds. The molecule has 1 fully saturated rings. The fourth-order valence-corrected chi connectivity index (χ4v) is 2.02. The summed E-state index contributed by atoms with van der Waals surface area (Å²) in [7, 11) is 0. The first-order chi connectivity index (χ1) is 7.86. The van der Waals surface area contributed by atoms with Gasteiger partial charge in [-0.05, 0) is 31.7 Å². The van der Waals surface area contributed by atoms with Gasteiger partial charge in [0.05, 0.1) is 0 Å². The Balaban J connectivity index is 1.73. The van der Waals surface area contributed by atoms with Crippen LogP contribution >= 0.6 is 0 Å². The highest BCUT2D eigenvalue weighted by molar-refractivity contribution is 5.76. The molecule has 0 spiro atoms. The van der Waals surface area contributed by atoms with Crippen LogP contribution in [0, 0.1) is 0 Å². The van der Waals surface area contributed by atoms with Crippen molar-refractivity contribution in [2.24, 2.45) is 0 Å². The Hall–Kier alpha value is -1.45. The van der Waals surface area contributed by atoms with Crippen LogP contribution in [0.1, 0.15) is 31.4 Å². The number of carbonyl (C=O) groups is 1. The first-order valence-electron chi connectivity index (χ1n) is 5.89. The number of hydrogen-bond donors (Lipinski definition) is 0. The topological polar surface area (TPSA) is 46.1 Å². The molecule has 0 aromatic carbocycles. The van der Waals surface area contributed by atoms with Crippen molar-refractivity contribution in [3.05, 3.63) is 24.3 Å². The van der Waals surface area contributed by atoms with Gasteiger partial charge in [-0.3, -0.25) is 4.79 Å². The second kappa shape index (κ2) is 5.58. The zero-order chi connectivity index (χ0) is 11.2. The predicted molar refractivity (Wildman–Crippen MR) is 60.8 cm³/mol. The molecule has 0 bridgehead atoms. The Morgan fingerprint density at radius 2 is 2.31 bits per heavy atom. The maximum Gasteiger partial charge on any atom is 0.222 e. The van der Waals surface area contributed by atoms with E-state index in [9.17, 15) is 4.79 Å². The van der Waals surface area contributed by atoms with Crippen LogP contribution in [0.25, 0.3) is 0 Å². The first-order valence-corrected chi connectivity index (χ1v) is 5.89. The maximum absolute atomic E-state index is 11.5. The monoisotopic (exact) mass is 219 g/mol. The van der Waals surface area contributed by atoms with Crippen LogP contribution in [0.15, 0.2) is 18.6 Å². The molecular weight excluding hydrogens is 202 g/mol. The van der Waals surface area contributed by atoms with Gasteiger partial charge in [0, 0.05) is 31.4 Å². The smallest absolute Gasteiger partial charge is 0.222 e. The summed E-state index contributed by atoms with van der Waals surface area (Å²) in [5.41, 5.74) is 1.06. The summed E-state index contributed by atoms with van der Waals surface area (Å²) >= 11 is 0. The molecule has 1 aromatic heterocycles. The van der Waals surface area contributed by atoms with Crippen molar-refractivity contribution in [3.63, 3.8) is 0 Å². The van der Waals surface area contributed by atoms with Gasteiger partial charge in [0.25, 0.3) is 0 Å². The Bertz CT molecular complexity index is 339. The molecule has 16 heavy (non-hydrogen) atoms. The molecule has 86 valence electrons. The molecule has 1 aliphatic rings. The van der Waals surface area contributed by atoms with Crippen molar-refractivity contribution in [1.29, 1.82) is 0 Å². The van der Waals surface area contributed by atoms with Gasteiger partial charge >= 0.3 is 0 Å². The molecule has 0 unspecified atom stereocenters. The van der Waals surface area contributed by atoms with Crippen molar-refractivity contribution in [2.45, 2.75) is 32.1 Å². The molecule has 1 saturated heterocycles. The maximum atomic E-state index is 11.5. The minimum Gasteiger partial charge on any atom is -0.343 e. The summed E-state index contributed by atoms with van der Waals surface area (Å²) < 4.78 is 0. The average molecular weight is 219 g/mol. The number of likely N-dealkylation sites (tertiary alicyclic amines) is 1. The van der Waals surface area contributed by atoms with E-state index in [2.05, 4.69) is 9.97 Å². The summed E-state index contributed by atoms with van der Waals surface area (Å²) in [6, 6.07) is 1.93. The van der Waals surface area contributed by atoms with Crippen molar-refractivity contribution in [3.8, 4) is 0 Å². The summed E-state index contributed by atoms with van der Waals surface area (Å²) in [6.07, 6.45) is 8.18. The molecule has 0 saturated carbocycles. The van der Waals surface area contributed by atoms with E-state index in [0.717, 1.165) is 50.9 Å². The Morgan fingerprint density at radius 3 is 3.06 bits per heavy atom. The first kappa shape index (κ1) is 11.0. The molecule has 0 N–H and O–H groups in total. The fraction of sp³-hybridized carbons (Fsp3) is 0.583. The zero-order valence-electron chi connectivity index (χ0n) is 9.43. The van der Waals surface area contributed by atoms with Gasteiger partial charge in [-0.25, -0.2) is 9.97 Å². The van der Waals surface area contributed by atoms with Crippen LogP contribution in [0.4, 0.5) is 0 Å². The van der Waals surface area contributed by atoms with Crippen LogP contribution in [-0.4, -0.2) is 33.9 Å². The molecule has 4 heteroatoms. The lowest BCUT2D eigenvalue weighted by molar-refractivity contribution is -0.133. The molecule has 0 atom stereocenters. The molecule has 0 aliphatic carbocycles. The van der Waals surface area contributed by atoms with Gasteiger partial charge in [-0.2, -0.15) is 0 Å². The molecule has 0 radical (unpaired) electrons. The van der Waals surface area contributed by atoms with Gasteiger partial charge in [0.2, 0.25) is 5.91 Å². The van der Waals surface area contributed by atoms with E-state index < -0.39 is 0 Å². The number of carbonyl (C=O) groups excluding carboxylic acids is 1. The van der Waals surface area contributed by atoms with Crippen LogP contribution in [-0.2, 0) is 11.2 Å². The van der Waals surface area contributed by atoms with E-state index in [4.69, 9.17) is 0 Å². The van der Waals surface area contributed by atoms with Crippen molar-refractivity contribution < 1.29 is 4.79 Å². The van der Waals surface area contributed by atoms with E-state index in [0.29, 0.717) is 5.91 Å². The van der Waals surface area contributed by atoms with E-state index >= 15 is 0 Å². The Kier molecular flexibility index (Phi) is 3.86. The number of hydrogen-bond acceptors (Lipinski definition) is 3. The van der Waals surface area contributed by atoms with Gasteiger partial charge in [0.1, 0.15) is 6.33 Å². The summed E-state index contributed by atoms with van der Waals surface area (Å²) in [6.45, 7) is 1.80. The molecule has 4 nitrogen and oxygen atoms in total. The van der Waals surface area contributed by atoms with Gasteiger partial charge < -0.3 is 4.90 Å². The number of piperidine rings is 1. The highest BCUT2D eigenvalue weighted by Crippen LogP contribution is 2.11. The minimum absolute atomic E-state index is 0.314. The van der Waals surface area contributed by atoms with E-state index in [1.54, 1.807) is 12.5 Å². The zero-order valence-corrected chi connectivity index (χ0v) is 9.43. The number of amides is 1. The van der Waals surface area contributed by atoms with Gasteiger partial charge in [0.15, 0.2) is 0 Å². The van der Waals surface area contributed by atoms with E-state index in [1.807, 2.05) is 11.0 Å². The largest absolute Gasteiger partial charge is 0.343 e. The summed E-state index contributed by atoms with van der Waals surface area (Å²) in [4.78, 5) is 21.6. The van der Waals surface area contributed by atoms with Gasteiger partial charge in [-0.15, -0.1) is 0 Å². The molecule has 1 aromatic rings. The summed E-state index contributed by atoms with van der Waals surface area (Å²) in [5.74, 6) is 0.314. The minimum atomic E-state index is 0.314. The lowest BCUT2D eigenvalue weighted by atomic mass is 10.1. The SMILES string of the molecule is O=C1CCCCN1CCCc1ccncn1. The molecular formula is C12H17N3O. The Labute approximate surface area is 95.7 Å². The van der Waals surface area contributed by atoms with Gasteiger partial charge in [-0.1, -0.05) is 0 Å². The molecule has 1 aliphatic heterocycles. The fourth-order valence-electron chi connectivity index (χ4n) is 2.02. The lowest BCUT2D eigenvalue weighted by Gasteiger charge is -2.26. The van der Waals surface area contributed by atoms with Crippen LogP contribution in [0.5, 0.6) is 0 Å². The van der Waals surface area contributed by atoms with E-state index in [-0.39, 0.29) is 0 Å². The highest BCUT2D eigenvalue weighted by atomic mass is 16.2. The Morgan fingerprint density at radius 1 is 1.38 bits per heavy atom. The number of nitrogens with zero attached hydrogens (tertiary/aromatic N) is 3. The van der Waals surface area contributed by atoms with E-state index in [1.165, 1.54) is 0 Å². The molecule has 2 heterocycles. The van der Waals surface area contributed by atoms with Crippen molar-refractivity contribution in [1.82, 2.24) is 14.9 Å². The number of aromatic nitrogens is 2. The second-order valence-corrected chi connectivity index (χ2v) is 4.14. The molecule has 2 rings (SSSR count). The third-order valence-corrected chi connectivity index (χ3v) is 2.93. The van der Waals surface area contributed by atoms with Crippen LogP contribution in [0.3, 0.4) is 0 Å². The quantitative estimate of drug-likeness (QED) is 0.769.